The van der Waals surface area contributed by atoms with Gasteiger partial charge in [-0.25, -0.2) is 8.42 Å². The summed E-state index contributed by atoms with van der Waals surface area (Å²) in [4.78, 5) is 13.5. The molecule has 0 fully saturated rings. The summed E-state index contributed by atoms with van der Waals surface area (Å²) in [5, 5.41) is 3.12. The molecule has 0 saturated heterocycles. The fourth-order valence-electron chi connectivity index (χ4n) is 5.19. The second-order valence-electron chi connectivity index (χ2n) is 9.51. The number of benzene rings is 3. The van der Waals surface area contributed by atoms with Gasteiger partial charge in [0, 0.05) is 6.54 Å². The zero-order valence-corrected chi connectivity index (χ0v) is 21.6. The molecule has 1 amide bonds. The van der Waals surface area contributed by atoms with Crippen molar-refractivity contribution in [3.05, 3.63) is 100 Å². The molecule has 5 nitrogen and oxygen atoms in total. The molecule has 4 rings (SSSR count). The Bertz CT molecular complexity index is 1280. The third-order valence-electron chi connectivity index (χ3n) is 6.72. The van der Waals surface area contributed by atoms with Gasteiger partial charge in [-0.3, -0.25) is 4.79 Å². The predicted octanol–water partition coefficient (Wildman–Crippen LogP) is 5.04. The van der Waals surface area contributed by atoms with Crippen molar-refractivity contribution in [2.75, 3.05) is 13.1 Å². The Labute approximate surface area is 209 Å². The molecule has 6 heteroatoms. The van der Waals surface area contributed by atoms with Crippen LogP contribution in [0, 0.1) is 20.8 Å². The predicted molar refractivity (Wildman–Crippen MR) is 140 cm³/mol. The quantitative estimate of drug-likeness (QED) is 0.481. The molecule has 1 N–H and O–H groups in total. The van der Waals surface area contributed by atoms with Crippen LogP contribution in [-0.2, 0) is 27.7 Å². The number of amides is 1. The molecule has 0 aromatic heterocycles. The smallest absolute Gasteiger partial charge is 0.244 e. The topological polar surface area (TPSA) is 66.5 Å². The van der Waals surface area contributed by atoms with E-state index in [1.165, 1.54) is 9.87 Å². The maximum Gasteiger partial charge on any atom is 0.244 e. The number of carbonyl (C=O) groups is 1. The summed E-state index contributed by atoms with van der Waals surface area (Å²) >= 11 is 0. The molecule has 0 spiro atoms. The van der Waals surface area contributed by atoms with Crippen LogP contribution in [0.1, 0.15) is 52.3 Å². The third kappa shape index (κ3) is 5.82. The van der Waals surface area contributed by atoms with Crippen LogP contribution >= 0.6 is 0 Å². The second kappa shape index (κ2) is 10.8. The first-order valence-electron chi connectivity index (χ1n) is 12.2. The van der Waals surface area contributed by atoms with Crippen LogP contribution in [0.5, 0.6) is 0 Å². The van der Waals surface area contributed by atoms with Crippen LogP contribution in [0.25, 0.3) is 0 Å². The van der Waals surface area contributed by atoms with Gasteiger partial charge in [0.15, 0.2) is 0 Å². The highest BCUT2D eigenvalue weighted by Gasteiger charge is 2.31. The summed E-state index contributed by atoms with van der Waals surface area (Å²) in [5.74, 6) is -0.272. The summed E-state index contributed by atoms with van der Waals surface area (Å²) < 4.78 is 29.1. The average Bonchev–Trinajstić information content (AvgIpc) is 2.81. The van der Waals surface area contributed by atoms with Gasteiger partial charge >= 0.3 is 0 Å². The van der Waals surface area contributed by atoms with Gasteiger partial charge in [-0.1, -0.05) is 72.3 Å². The van der Waals surface area contributed by atoms with Gasteiger partial charge in [-0.15, -0.1) is 0 Å². The molecule has 1 aliphatic rings. The molecule has 3 aromatic rings. The van der Waals surface area contributed by atoms with Crippen LogP contribution in [0.15, 0.2) is 71.6 Å². The van der Waals surface area contributed by atoms with Crippen molar-refractivity contribution < 1.29 is 13.2 Å². The molecule has 0 bridgehead atoms. The number of sulfonamides is 1. The van der Waals surface area contributed by atoms with E-state index in [0.717, 1.165) is 36.0 Å². The lowest BCUT2D eigenvalue weighted by atomic mass is 9.88. The van der Waals surface area contributed by atoms with Crippen molar-refractivity contribution in [3.8, 4) is 0 Å². The summed E-state index contributed by atoms with van der Waals surface area (Å²) in [6.45, 7) is 5.62. The van der Waals surface area contributed by atoms with Crippen LogP contribution in [0.2, 0.25) is 0 Å². The normalized spacial score (nSPS) is 15.6. The molecule has 184 valence electrons. The average molecular weight is 491 g/mol. The molecule has 0 heterocycles. The Balaban J connectivity index is 1.59. The fraction of sp³-hybridized carbons (Fsp3) is 0.345. The lowest BCUT2D eigenvalue weighted by Crippen LogP contribution is -2.43. The molecule has 1 aliphatic carbocycles. The van der Waals surface area contributed by atoms with Gasteiger partial charge in [0.25, 0.3) is 0 Å². The van der Waals surface area contributed by atoms with Gasteiger partial charge in [0.05, 0.1) is 17.5 Å². The number of nitrogens with one attached hydrogen (secondary N) is 1. The molecule has 0 aliphatic heterocycles. The molecule has 3 aromatic carbocycles. The monoisotopic (exact) mass is 490 g/mol. The standard InChI is InChI=1S/C29H34N2O3S/c1-21-18-22(2)29(23(3)19-21)35(33,34)31(17-16-24-10-5-4-6-11-24)20-28(32)30-27-15-9-13-25-12-7-8-14-26(25)27/h4-8,10-12,14,18-19,27H,9,13,15-17,20H2,1-3H3,(H,30,32)/t27-/m0/s1. The van der Waals surface area contributed by atoms with Gasteiger partial charge in [0.2, 0.25) is 15.9 Å². The van der Waals surface area contributed by atoms with Crippen molar-refractivity contribution in [1.29, 1.82) is 0 Å². The summed E-state index contributed by atoms with van der Waals surface area (Å²) in [5.41, 5.74) is 5.84. The number of hydrogen-bond donors (Lipinski definition) is 1. The van der Waals surface area contributed by atoms with E-state index >= 15 is 0 Å². The minimum atomic E-state index is -3.87. The van der Waals surface area contributed by atoms with E-state index in [1.54, 1.807) is 0 Å². The second-order valence-corrected chi connectivity index (χ2v) is 11.4. The lowest BCUT2D eigenvalue weighted by molar-refractivity contribution is -0.122. The van der Waals surface area contributed by atoms with E-state index < -0.39 is 10.0 Å². The van der Waals surface area contributed by atoms with E-state index in [1.807, 2.05) is 75.4 Å². The van der Waals surface area contributed by atoms with Crippen LogP contribution < -0.4 is 5.32 Å². The molecule has 1 atom stereocenters. The van der Waals surface area contributed by atoms with Crippen molar-refractivity contribution in [2.24, 2.45) is 0 Å². The number of rotatable bonds is 8. The highest BCUT2D eigenvalue weighted by atomic mass is 32.2. The van der Waals surface area contributed by atoms with Gasteiger partial charge in [-0.05, 0) is 74.3 Å². The maximum absolute atomic E-state index is 13.9. The first-order valence-corrected chi connectivity index (χ1v) is 13.7. The Hall–Kier alpha value is -2.96. The number of carbonyl (C=O) groups excluding carboxylic acids is 1. The summed E-state index contributed by atoms with van der Waals surface area (Å²) in [6, 6.07) is 21.6. The maximum atomic E-state index is 13.9. The van der Waals surface area contributed by atoms with E-state index in [2.05, 4.69) is 17.4 Å². The molecule has 0 unspecified atom stereocenters. The first kappa shape index (κ1) is 25.1. The van der Waals surface area contributed by atoms with E-state index in [9.17, 15) is 13.2 Å². The van der Waals surface area contributed by atoms with Crippen molar-refractivity contribution >= 4 is 15.9 Å². The lowest BCUT2D eigenvalue weighted by Gasteiger charge is -2.28. The fourth-order valence-corrected chi connectivity index (χ4v) is 7.00. The van der Waals surface area contributed by atoms with E-state index in [-0.39, 0.29) is 25.0 Å². The number of nitrogens with zero attached hydrogens (tertiary/aromatic N) is 1. The van der Waals surface area contributed by atoms with Crippen LogP contribution in [-0.4, -0.2) is 31.7 Å². The van der Waals surface area contributed by atoms with Crippen molar-refractivity contribution in [3.63, 3.8) is 0 Å². The Morgan fingerprint density at radius 3 is 2.34 bits per heavy atom. The summed E-state index contributed by atoms with van der Waals surface area (Å²) in [7, 11) is -3.87. The summed E-state index contributed by atoms with van der Waals surface area (Å²) in [6.07, 6.45) is 3.39. The molecular weight excluding hydrogens is 456 g/mol. The first-order chi connectivity index (χ1) is 16.8. The SMILES string of the molecule is Cc1cc(C)c(S(=O)(=O)N(CCc2ccccc2)CC(=O)N[C@H]2CCCc3ccccc32)c(C)c1. The zero-order valence-electron chi connectivity index (χ0n) is 20.8. The van der Waals surface area contributed by atoms with Gasteiger partial charge in [-0.2, -0.15) is 4.31 Å². The largest absolute Gasteiger partial charge is 0.348 e. The Morgan fingerprint density at radius 2 is 1.63 bits per heavy atom. The van der Waals surface area contributed by atoms with E-state index in [0.29, 0.717) is 22.4 Å². The highest BCUT2D eigenvalue weighted by molar-refractivity contribution is 7.89. The zero-order chi connectivity index (χ0) is 25.0. The Kier molecular flexibility index (Phi) is 7.72. The molecule has 0 saturated carbocycles. The van der Waals surface area contributed by atoms with Gasteiger partial charge in [0.1, 0.15) is 0 Å². The van der Waals surface area contributed by atoms with Gasteiger partial charge < -0.3 is 5.32 Å². The van der Waals surface area contributed by atoms with Crippen LogP contribution in [0.3, 0.4) is 0 Å². The minimum absolute atomic E-state index is 0.0889. The number of fused-ring (bicyclic) bond motifs is 1. The van der Waals surface area contributed by atoms with Crippen molar-refractivity contribution in [1.82, 2.24) is 9.62 Å². The third-order valence-corrected chi connectivity index (χ3v) is 8.87. The minimum Gasteiger partial charge on any atom is -0.348 e. The molecule has 0 radical (unpaired) electrons. The molecular formula is C29H34N2O3S. The Morgan fingerprint density at radius 1 is 0.971 bits per heavy atom. The molecule has 35 heavy (non-hydrogen) atoms. The highest BCUT2D eigenvalue weighted by Crippen LogP contribution is 2.30. The van der Waals surface area contributed by atoms with Crippen molar-refractivity contribution in [2.45, 2.75) is 57.4 Å². The van der Waals surface area contributed by atoms with Crippen LogP contribution in [0.4, 0.5) is 0 Å². The van der Waals surface area contributed by atoms with E-state index in [4.69, 9.17) is 0 Å². The number of hydrogen-bond acceptors (Lipinski definition) is 3. The number of aryl methyl sites for hydroxylation is 4.